The van der Waals surface area contributed by atoms with Gasteiger partial charge in [0.25, 0.3) is 5.91 Å². The predicted octanol–water partition coefficient (Wildman–Crippen LogP) is 3.32. The molecule has 0 aliphatic heterocycles. The van der Waals surface area contributed by atoms with Crippen LogP contribution in [-0.4, -0.2) is 33.2 Å². The first-order chi connectivity index (χ1) is 12.2. The Hall–Kier alpha value is -3.17. The molecule has 0 aliphatic carbocycles. The van der Waals surface area contributed by atoms with E-state index in [9.17, 15) is 18.0 Å². The molecule has 3 aromatic rings. The van der Waals surface area contributed by atoms with Crippen molar-refractivity contribution in [3.05, 3.63) is 53.2 Å². The van der Waals surface area contributed by atoms with E-state index in [-0.39, 0.29) is 18.3 Å². The largest absolute Gasteiger partial charge is 0.471 e. The molecule has 0 saturated carbocycles. The first kappa shape index (κ1) is 17.6. The number of aryl methyl sites for hydroxylation is 1. The molecule has 1 aromatic carbocycles. The molecule has 0 N–H and O–H groups in total. The fourth-order valence-electron chi connectivity index (χ4n) is 2.25. The number of halogens is 3. The van der Waals surface area contributed by atoms with Crippen molar-refractivity contribution in [1.82, 2.24) is 20.2 Å². The molecule has 0 bridgehead atoms. The van der Waals surface area contributed by atoms with E-state index in [4.69, 9.17) is 4.52 Å². The van der Waals surface area contributed by atoms with Crippen LogP contribution >= 0.6 is 0 Å². The minimum absolute atomic E-state index is 0.206. The van der Waals surface area contributed by atoms with E-state index >= 15 is 0 Å². The molecule has 2 aromatic heterocycles. The quantitative estimate of drug-likeness (QED) is 0.704. The molecule has 0 unspecified atom stereocenters. The molecule has 0 spiro atoms. The molecule has 0 radical (unpaired) electrons. The van der Waals surface area contributed by atoms with E-state index in [1.165, 1.54) is 29.2 Å². The van der Waals surface area contributed by atoms with Gasteiger partial charge in [-0.1, -0.05) is 22.4 Å². The lowest BCUT2D eigenvalue weighted by atomic mass is 10.1. The summed E-state index contributed by atoms with van der Waals surface area (Å²) in [6.07, 6.45) is -4.71. The first-order valence-corrected chi connectivity index (χ1v) is 7.43. The number of rotatable bonds is 4. The van der Waals surface area contributed by atoms with Gasteiger partial charge in [-0.05, 0) is 19.1 Å². The zero-order valence-electron chi connectivity index (χ0n) is 13.7. The van der Waals surface area contributed by atoms with Crippen LogP contribution in [0.1, 0.15) is 27.7 Å². The highest BCUT2D eigenvalue weighted by atomic mass is 19.4. The molecule has 0 saturated heterocycles. The number of benzene rings is 1. The summed E-state index contributed by atoms with van der Waals surface area (Å²) in [5, 5.41) is 7.12. The summed E-state index contributed by atoms with van der Waals surface area (Å²) in [6.45, 7) is 2.01. The Balaban J connectivity index is 1.72. The van der Waals surface area contributed by atoms with Gasteiger partial charge in [0, 0.05) is 24.2 Å². The van der Waals surface area contributed by atoms with Crippen molar-refractivity contribution < 1.29 is 27.0 Å². The van der Waals surface area contributed by atoms with Crippen LogP contribution in [0.3, 0.4) is 0 Å². The summed E-state index contributed by atoms with van der Waals surface area (Å²) in [5.41, 5.74) is 1.27. The van der Waals surface area contributed by atoms with E-state index < -0.39 is 12.1 Å². The number of hydrogen-bond donors (Lipinski definition) is 0. The van der Waals surface area contributed by atoms with Crippen molar-refractivity contribution in [3.8, 4) is 11.4 Å². The second-order valence-electron chi connectivity index (χ2n) is 5.59. The number of carbonyl (C=O) groups excluding carboxylic acids is 1. The number of nitrogens with zero attached hydrogens (tertiary/aromatic N) is 4. The third-order valence-electron chi connectivity index (χ3n) is 3.48. The van der Waals surface area contributed by atoms with Gasteiger partial charge in [0.2, 0.25) is 5.82 Å². The average Bonchev–Trinajstić information content (AvgIpc) is 3.23. The number of alkyl halides is 3. The summed E-state index contributed by atoms with van der Waals surface area (Å²) < 4.78 is 46.6. The van der Waals surface area contributed by atoms with Gasteiger partial charge in [0.15, 0.2) is 0 Å². The number of hydrogen-bond acceptors (Lipinski definition) is 6. The van der Waals surface area contributed by atoms with Gasteiger partial charge in [0.1, 0.15) is 11.5 Å². The summed E-state index contributed by atoms with van der Waals surface area (Å²) in [7, 11) is 1.61. The van der Waals surface area contributed by atoms with Gasteiger partial charge in [-0.3, -0.25) is 4.79 Å². The molecule has 3 rings (SSSR count). The fourth-order valence-corrected chi connectivity index (χ4v) is 2.25. The van der Waals surface area contributed by atoms with Crippen LogP contribution in [0.25, 0.3) is 11.4 Å². The van der Waals surface area contributed by atoms with Gasteiger partial charge in [-0.25, -0.2) is 0 Å². The van der Waals surface area contributed by atoms with Crippen LogP contribution in [0, 0.1) is 6.92 Å². The zero-order chi connectivity index (χ0) is 18.9. The summed E-state index contributed by atoms with van der Waals surface area (Å²) in [5.74, 6) is -1.26. The smallest absolute Gasteiger partial charge is 0.361 e. The first-order valence-electron chi connectivity index (χ1n) is 7.43. The number of carbonyl (C=O) groups is 1. The standard InChI is InChI=1S/C16H13F3N4O3/c1-9-7-12(21-25-9)8-23(2)14(24)11-5-3-10(4-6-11)13-20-15(26-22-13)16(17,18)19/h3-7H,8H2,1-2H3. The van der Waals surface area contributed by atoms with Gasteiger partial charge >= 0.3 is 12.1 Å². The van der Waals surface area contributed by atoms with Crippen molar-refractivity contribution in [3.63, 3.8) is 0 Å². The zero-order valence-corrected chi connectivity index (χ0v) is 13.7. The summed E-state index contributed by atoms with van der Waals surface area (Å²) in [6, 6.07) is 7.58. The van der Waals surface area contributed by atoms with Crippen LogP contribution < -0.4 is 0 Å². The molecular formula is C16H13F3N4O3. The molecule has 0 atom stereocenters. The highest BCUT2D eigenvalue weighted by molar-refractivity contribution is 5.94. The molecule has 1 amide bonds. The van der Waals surface area contributed by atoms with Crippen LogP contribution in [0.15, 0.2) is 39.4 Å². The summed E-state index contributed by atoms with van der Waals surface area (Å²) >= 11 is 0. The third kappa shape index (κ3) is 3.73. The maximum Gasteiger partial charge on any atom is 0.471 e. The van der Waals surface area contributed by atoms with Crippen molar-refractivity contribution in [1.29, 1.82) is 0 Å². The summed E-state index contributed by atoms with van der Waals surface area (Å²) in [4.78, 5) is 17.2. The van der Waals surface area contributed by atoms with Crippen molar-refractivity contribution in [2.45, 2.75) is 19.6 Å². The Morgan fingerprint density at radius 1 is 1.15 bits per heavy atom. The average molecular weight is 366 g/mol. The van der Waals surface area contributed by atoms with E-state index in [0.717, 1.165) is 0 Å². The van der Waals surface area contributed by atoms with E-state index in [0.29, 0.717) is 22.6 Å². The second-order valence-corrected chi connectivity index (χ2v) is 5.59. The molecule has 10 heteroatoms. The minimum Gasteiger partial charge on any atom is -0.361 e. The van der Waals surface area contributed by atoms with Crippen molar-refractivity contribution in [2.24, 2.45) is 0 Å². The number of amides is 1. The van der Waals surface area contributed by atoms with E-state index in [2.05, 4.69) is 19.8 Å². The van der Waals surface area contributed by atoms with Crippen molar-refractivity contribution in [2.75, 3.05) is 7.05 Å². The van der Waals surface area contributed by atoms with Crippen LogP contribution in [0.4, 0.5) is 13.2 Å². The Kier molecular flexibility index (Phi) is 4.49. The Bertz CT molecular complexity index is 915. The van der Waals surface area contributed by atoms with Crippen LogP contribution in [0.2, 0.25) is 0 Å². The normalized spacial score (nSPS) is 11.6. The fraction of sp³-hybridized carbons (Fsp3) is 0.250. The Morgan fingerprint density at radius 2 is 1.85 bits per heavy atom. The van der Waals surface area contributed by atoms with Gasteiger partial charge in [-0.2, -0.15) is 18.2 Å². The van der Waals surface area contributed by atoms with Crippen LogP contribution in [-0.2, 0) is 12.7 Å². The minimum atomic E-state index is -4.71. The molecule has 26 heavy (non-hydrogen) atoms. The predicted molar refractivity (Wildman–Crippen MR) is 81.8 cm³/mol. The monoisotopic (exact) mass is 366 g/mol. The van der Waals surface area contributed by atoms with Gasteiger partial charge in [0.05, 0.1) is 6.54 Å². The lowest BCUT2D eigenvalue weighted by Gasteiger charge is -2.15. The molecule has 0 fully saturated rings. The molecule has 136 valence electrons. The SMILES string of the molecule is Cc1cc(CN(C)C(=O)c2ccc(-c3noc(C(F)(F)F)n3)cc2)no1. The van der Waals surface area contributed by atoms with E-state index in [1.54, 1.807) is 20.0 Å². The molecule has 0 aliphatic rings. The molecule has 2 heterocycles. The third-order valence-corrected chi connectivity index (χ3v) is 3.48. The topological polar surface area (TPSA) is 85.3 Å². The Labute approximate surface area is 145 Å². The lowest BCUT2D eigenvalue weighted by molar-refractivity contribution is -0.159. The van der Waals surface area contributed by atoms with E-state index in [1.807, 2.05) is 0 Å². The highest BCUT2D eigenvalue weighted by Gasteiger charge is 2.38. The molecular weight excluding hydrogens is 353 g/mol. The highest BCUT2D eigenvalue weighted by Crippen LogP contribution is 2.29. The molecule has 7 nitrogen and oxygen atoms in total. The maximum atomic E-state index is 12.5. The van der Waals surface area contributed by atoms with Gasteiger partial charge in [-0.15, -0.1) is 0 Å². The van der Waals surface area contributed by atoms with Crippen LogP contribution in [0.5, 0.6) is 0 Å². The van der Waals surface area contributed by atoms with Gasteiger partial charge < -0.3 is 13.9 Å². The lowest BCUT2D eigenvalue weighted by Crippen LogP contribution is -2.26. The second kappa shape index (κ2) is 6.62. The van der Waals surface area contributed by atoms with Crippen molar-refractivity contribution >= 4 is 5.91 Å². The number of aromatic nitrogens is 3. The maximum absolute atomic E-state index is 12.5. The Morgan fingerprint density at radius 3 is 2.38 bits per heavy atom.